The van der Waals surface area contributed by atoms with Crippen LogP contribution in [0.5, 0.6) is 0 Å². The van der Waals surface area contributed by atoms with E-state index in [1.54, 1.807) is 0 Å². The molecular formula is C23H48O4S. The maximum Gasteiger partial charge on any atom is 0.267 e. The highest BCUT2D eigenvalue weighted by Crippen LogP contribution is 2.16. The molecule has 2 unspecified atom stereocenters. The van der Waals surface area contributed by atoms with Gasteiger partial charge >= 0.3 is 0 Å². The van der Waals surface area contributed by atoms with Crippen molar-refractivity contribution in [3.05, 3.63) is 0 Å². The Hall–Kier alpha value is -0.130. The fourth-order valence-corrected chi connectivity index (χ4v) is 4.19. The molecule has 0 saturated heterocycles. The topological polar surface area (TPSA) is 74.6 Å². The molecule has 0 aromatic rings. The molecule has 0 rings (SSSR count). The van der Waals surface area contributed by atoms with Gasteiger partial charge in [0.15, 0.2) is 0 Å². The van der Waals surface area contributed by atoms with E-state index in [9.17, 15) is 13.5 Å². The van der Waals surface area contributed by atoms with E-state index in [1.807, 2.05) is 0 Å². The number of hydrogen-bond donors (Lipinski definition) is 2. The van der Waals surface area contributed by atoms with Crippen molar-refractivity contribution in [1.82, 2.24) is 0 Å². The second kappa shape index (κ2) is 18.9. The van der Waals surface area contributed by atoms with E-state index in [-0.39, 0.29) is 6.42 Å². The van der Waals surface area contributed by atoms with E-state index in [0.29, 0.717) is 6.42 Å². The first-order chi connectivity index (χ1) is 13.4. The molecule has 0 radical (unpaired) electrons. The molecule has 5 heteroatoms. The summed E-state index contributed by atoms with van der Waals surface area (Å²) in [7, 11) is -4.02. The van der Waals surface area contributed by atoms with Crippen molar-refractivity contribution < 1.29 is 18.1 Å². The fourth-order valence-electron chi connectivity index (χ4n) is 3.73. The third kappa shape index (κ3) is 19.2. The van der Waals surface area contributed by atoms with E-state index >= 15 is 0 Å². The highest BCUT2D eigenvalue weighted by atomic mass is 32.2. The van der Waals surface area contributed by atoms with Gasteiger partial charge in [-0.15, -0.1) is 0 Å². The predicted molar refractivity (Wildman–Crippen MR) is 120 cm³/mol. The Labute approximate surface area is 175 Å². The average molecular weight is 421 g/mol. The fraction of sp³-hybridized carbons (Fsp3) is 1.00. The third-order valence-electron chi connectivity index (χ3n) is 5.75. The van der Waals surface area contributed by atoms with Crippen LogP contribution in [0.25, 0.3) is 0 Å². The zero-order valence-electron chi connectivity index (χ0n) is 18.7. The molecule has 0 heterocycles. The standard InChI is InChI=1S/C23H48O4S/c1-3-4-5-6-7-8-9-10-11-12-13-14-15-16-17-18-19-20-23(24)21-22(2)28(25,26)27/h22-24H,3-21H2,1-2H3,(H,25,26,27). The summed E-state index contributed by atoms with van der Waals surface area (Å²) in [5, 5.41) is 8.95. The first-order valence-electron chi connectivity index (χ1n) is 12.0. The van der Waals surface area contributed by atoms with Crippen molar-refractivity contribution in [2.75, 3.05) is 0 Å². The van der Waals surface area contributed by atoms with E-state index in [2.05, 4.69) is 6.92 Å². The van der Waals surface area contributed by atoms with E-state index < -0.39 is 21.5 Å². The maximum atomic E-state index is 10.9. The zero-order chi connectivity index (χ0) is 21.1. The van der Waals surface area contributed by atoms with Crippen molar-refractivity contribution >= 4 is 10.1 Å². The summed E-state index contributed by atoms with van der Waals surface area (Å²) >= 11 is 0. The summed E-state index contributed by atoms with van der Waals surface area (Å²) < 4.78 is 30.8. The van der Waals surface area contributed by atoms with E-state index in [0.717, 1.165) is 12.8 Å². The number of aliphatic hydroxyl groups is 1. The summed E-state index contributed by atoms with van der Waals surface area (Å²) in [5.41, 5.74) is 0. The number of aliphatic hydroxyl groups excluding tert-OH is 1. The number of unbranched alkanes of at least 4 members (excludes halogenated alkanes) is 16. The van der Waals surface area contributed by atoms with Gasteiger partial charge < -0.3 is 5.11 Å². The SMILES string of the molecule is CCCCCCCCCCCCCCCCCCCC(O)CC(C)S(=O)(=O)O. The second-order valence-electron chi connectivity index (χ2n) is 8.66. The van der Waals surface area contributed by atoms with Crippen molar-refractivity contribution in [2.45, 2.75) is 147 Å². The minimum atomic E-state index is -4.02. The molecular weight excluding hydrogens is 372 g/mol. The highest BCUT2D eigenvalue weighted by Gasteiger charge is 2.20. The summed E-state index contributed by atoms with van der Waals surface area (Å²) in [6, 6.07) is 0. The smallest absolute Gasteiger partial charge is 0.267 e. The molecule has 2 N–H and O–H groups in total. The molecule has 0 spiro atoms. The quantitative estimate of drug-likeness (QED) is 0.154. The van der Waals surface area contributed by atoms with Crippen LogP contribution in [0.3, 0.4) is 0 Å². The third-order valence-corrected chi connectivity index (χ3v) is 6.96. The molecule has 0 saturated carbocycles. The van der Waals surface area contributed by atoms with Crippen LogP contribution >= 0.6 is 0 Å². The summed E-state index contributed by atoms with van der Waals surface area (Å²) in [6.07, 6.45) is 22.6. The van der Waals surface area contributed by atoms with Gasteiger partial charge in [0.05, 0.1) is 11.4 Å². The van der Waals surface area contributed by atoms with E-state index in [1.165, 1.54) is 103 Å². The van der Waals surface area contributed by atoms with Gasteiger partial charge in [0.1, 0.15) is 0 Å². The van der Waals surface area contributed by atoms with Gasteiger partial charge in [0.25, 0.3) is 10.1 Å². The summed E-state index contributed by atoms with van der Waals surface area (Å²) in [6.45, 7) is 3.71. The molecule has 28 heavy (non-hydrogen) atoms. The first-order valence-corrected chi connectivity index (χ1v) is 13.5. The van der Waals surface area contributed by atoms with Gasteiger partial charge in [-0.05, 0) is 19.8 Å². The maximum absolute atomic E-state index is 10.9. The predicted octanol–water partition coefficient (Wildman–Crippen LogP) is 7.06. The van der Waals surface area contributed by atoms with Crippen molar-refractivity contribution in [2.24, 2.45) is 0 Å². The van der Waals surface area contributed by atoms with Crippen LogP contribution in [0.1, 0.15) is 136 Å². The Bertz CT molecular complexity index is 422. The lowest BCUT2D eigenvalue weighted by molar-refractivity contribution is 0.149. The normalized spacial score (nSPS) is 14.3. The van der Waals surface area contributed by atoms with Crippen LogP contribution in [0, 0.1) is 0 Å². The van der Waals surface area contributed by atoms with Crippen LogP contribution < -0.4 is 0 Å². The molecule has 0 aliphatic rings. The minimum absolute atomic E-state index is 0.123. The van der Waals surface area contributed by atoms with Gasteiger partial charge in [0.2, 0.25) is 0 Å². The minimum Gasteiger partial charge on any atom is -0.393 e. The Morgan fingerprint density at radius 3 is 1.29 bits per heavy atom. The Morgan fingerprint density at radius 2 is 0.964 bits per heavy atom. The monoisotopic (exact) mass is 420 g/mol. The summed E-state index contributed by atoms with van der Waals surface area (Å²) in [4.78, 5) is 0. The van der Waals surface area contributed by atoms with Gasteiger partial charge in [0, 0.05) is 0 Å². The van der Waals surface area contributed by atoms with Crippen LogP contribution in [0.2, 0.25) is 0 Å². The zero-order valence-corrected chi connectivity index (χ0v) is 19.5. The van der Waals surface area contributed by atoms with Crippen LogP contribution in [-0.4, -0.2) is 29.4 Å². The van der Waals surface area contributed by atoms with Crippen LogP contribution in [-0.2, 0) is 10.1 Å². The van der Waals surface area contributed by atoms with Gasteiger partial charge in [-0.3, -0.25) is 4.55 Å². The number of hydrogen-bond acceptors (Lipinski definition) is 3. The second-order valence-corrected chi connectivity index (χ2v) is 10.5. The van der Waals surface area contributed by atoms with Crippen LogP contribution in [0.4, 0.5) is 0 Å². The molecule has 0 aromatic carbocycles. The molecule has 0 amide bonds. The molecule has 0 aliphatic heterocycles. The van der Waals surface area contributed by atoms with Gasteiger partial charge in [-0.25, -0.2) is 0 Å². The lowest BCUT2D eigenvalue weighted by atomic mass is 10.0. The highest BCUT2D eigenvalue weighted by molar-refractivity contribution is 7.86. The van der Waals surface area contributed by atoms with Crippen molar-refractivity contribution in [1.29, 1.82) is 0 Å². The molecule has 170 valence electrons. The van der Waals surface area contributed by atoms with E-state index in [4.69, 9.17) is 4.55 Å². The average Bonchev–Trinajstić information content (AvgIpc) is 2.63. The Morgan fingerprint density at radius 1 is 0.643 bits per heavy atom. The molecule has 4 nitrogen and oxygen atoms in total. The van der Waals surface area contributed by atoms with Crippen molar-refractivity contribution in [3.63, 3.8) is 0 Å². The first kappa shape index (κ1) is 27.9. The molecule has 0 aliphatic carbocycles. The summed E-state index contributed by atoms with van der Waals surface area (Å²) in [5.74, 6) is 0. The molecule has 2 atom stereocenters. The van der Waals surface area contributed by atoms with Gasteiger partial charge in [-0.2, -0.15) is 8.42 Å². The van der Waals surface area contributed by atoms with Crippen molar-refractivity contribution in [3.8, 4) is 0 Å². The van der Waals surface area contributed by atoms with Gasteiger partial charge in [-0.1, -0.05) is 116 Å². The Balaban J connectivity index is 3.23. The van der Waals surface area contributed by atoms with Crippen LogP contribution in [0.15, 0.2) is 0 Å². The lowest BCUT2D eigenvalue weighted by Crippen LogP contribution is -2.23. The molecule has 0 fully saturated rings. The number of rotatable bonds is 21. The largest absolute Gasteiger partial charge is 0.393 e. The lowest BCUT2D eigenvalue weighted by Gasteiger charge is -2.14. The molecule has 0 aromatic heterocycles. The molecule has 0 bridgehead atoms. The Kier molecular flexibility index (Phi) is 18.8.